The van der Waals surface area contributed by atoms with Gasteiger partial charge in [-0.15, -0.1) is 0 Å². The van der Waals surface area contributed by atoms with Gasteiger partial charge in [-0.2, -0.15) is 0 Å². The first kappa shape index (κ1) is 16.6. The number of nitrogens with zero attached hydrogens (tertiary/aromatic N) is 1. The molecule has 1 fully saturated rings. The Morgan fingerprint density at radius 2 is 1.90 bits per heavy atom. The van der Waals surface area contributed by atoms with Gasteiger partial charge in [0.1, 0.15) is 5.92 Å². The Morgan fingerprint density at radius 1 is 1.25 bits per heavy atom. The van der Waals surface area contributed by atoms with Crippen molar-refractivity contribution in [1.29, 1.82) is 0 Å². The largest absolute Gasteiger partial charge is 0.380 e. The second-order valence-corrected chi connectivity index (χ2v) is 5.31. The lowest BCUT2D eigenvalue weighted by Crippen LogP contribution is -2.62. The van der Waals surface area contributed by atoms with Gasteiger partial charge in [0.05, 0.1) is 12.6 Å². The van der Waals surface area contributed by atoms with Crippen LogP contribution < -0.4 is 5.32 Å². The number of ether oxygens (including phenoxy) is 1. The molecule has 2 atom stereocenters. The molecular weight excluding hydrogens is 260 g/mol. The third-order valence-corrected chi connectivity index (χ3v) is 3.47. The molecule has 6 nitrogen and oxygen atoms in total. The van der Waals surface area contributed by atoms with E-state index in [1.165, 1.54) is 4.90 Å². The van der Waals surface area contributed by atoms with Crippen LogP contribution in [-0.2, 0) is 14.3 Å². The molecule has 0 aliphatic carbocycles. The highest BCUT2D eigenvalue weighted by Crippen LogP contribution is 2.21. The summed E-state index contributed by atoms with van der Waals surface area (Å²) in [6, 6.07) is -0.985. The predicted molar refractivity (Wildman–Crippen MR) is 73.9 cm³/mol. The highest BCUT2D eigenvalue weighted by Gasteiger charge is 2.43. The van der Waals surface area contributed by atoms with Gasteiger partial charge < -0.3 is 4.74 Å². The van der Waals surface area contributed by atoms with Crippen molar-refractivity contribution in [3.63, 3.8) is 0 Å². The van der Waals surface area contributed by atoms with Crippen LogP contribution in [0.15, 0.2) is 0 Å². The summed E-state index contributed by atoms with van der Waals surface area (Å²) in [5.41, 5.74) is 0. The Balaban J connectivity index is 2.96. The molecule has 1 rings (SSSR count). The molecule has 6 heteroatoms. The third kappa shape index (κ3) is 3.56. The van der Waals surface area contributed by atoms with E-state index in [0.717, 1.165) is 0 Å². The van der Waals surface area contributed by atoms with Crippen LogP contribution in [0.4, 0.5) is 4.79 Å². The summed E-state index contributed by atoms with van der Waals surface area (Å²) in [5.74, 6) is -1.59. The number of carbonyl (C=O) groups excluding carboxylic acids is 3. The van der Waals surface area contributed by atoms with Crippen molar-refractivity contribution in [2.24, 2.45) is 11.8 Å². The fourth-order valence-corrected chi connectivity index (χ4v) is 2.29. The maximum absolute atomic E-state index is 12.4. The van der Waals surface area contributed by atoms with Gasteiger partial charge in [-0.05, 0) is 19.3 Å². The lowest BCUT2D eigenvalue weighted by molar-refractivity contribution is -0.146. The monoisotopic (exact) mass is 284 g/mol. The standard InChI is InChI=1S/C14H24N2O4/c1-5-7-10-12(17)15-14(19)16(13(10)18)11(9(3)4)8-20-6-2/h9-11H,5-8H2,1-4H3,(H,15,17,19). The number of barbiturate groups is 1. The Labute approximate surface area is 119 Å². The van der Waals surface area contributed by atoms with Gasteiger partial charge in [0.15, 0.2) is 0 Å². The van der Waals surface area contributed by atoms with E-state index in [1.807, 2.05) is 27.7 Å². The fourth-order valence-electron chi connectivity index (χ4n) is 2.29. The van der Waals surface area contributed by atoms with Crippen LogP contribution in [0.1, 0.15) is 40.5 Å². The minimum absolute atomic E-state index is 0.0618. The van der Waals surface area contributed by atoms with E-state index in [4.69, 9.17) is 4.74 Å². The van der Waals surface area contributed by atoms with Crippen molar-refractivity contribution in [3.8, 4) is 0 Å². The number of carbonyl (C=O) groups is 3. The molecule has 0 aromatic heterocycles. The number of hydrogen-bond donors (Lipinski definition) is 1. The van der Waals surface area contributed by atoms with E-state index in [-0.39, 0.29) is 12.0 Å². The van der Waals surface area contributed by atoms with Gasteiger partial charge in [0.2, 0.25) is 11.8 Å². The molecule has 0 saturated carbocycles. The van der Waals surface area contributed by atoms with Crippen LogP contribution in [0, 0.1) is 11.8 Å². The zero-order chi connectivity index (χ0) is 15.3. The topological polar surface area (TPSA) is 75.7 Å². The molecule has 20 heavy (non-hydrogen) atoms. The highest BCUT2D eigenvalue weighted by atomic mass is 16.5. The van der Waals surface area contributed by atoms with Gasteiger partial charge >= 0.3 is 6.03 Å². The number of nitrogens with one attached hydrogen (secondary N) is 1. The number of urea groups is 1. The molecule has 1 N–H and O–H groups in total. The molecule has 1 aliphatic rings. The average molecular weight is 284 g/mol. The Hall–Kier alpha value is -1.43. The van der Waals surface area contributed by atoms with E-state index in [2.05, 4.69) is 5.32 Å². The molecule has 114 valence electrons. The number of imide groups is 2. The van der Waals surface area contributed by atoms with Gasteiger partial charge in [-0.3, -0.25) is 19.8 Å². The lowest BCUT2D eigenvalue weighted by Gasteiger charge is -2.37. The van der Waals surface area contributed by atoms with Crippen molar-refractivity contribution in [1.82, 2.24) is 10.2 Å². The van der Waals surface area contributed by atoms with Gasteiger partial charge in [-0.25, -0.2) is 4.79 Å². The van der Waals surface area contributed by atoms with Crippen LogP contribution in [0.2, 0.25) is 0 Å². The van der Waals surface area contributed by atoms with E-state index >= 15 is 0 Å². The molecule has 0 radical (unpaired) electrons. The summed E-state index contributed by atoms with van der Waals surface area (Å²) in [5, 5.41) is 2.28. The molecule has 1 saturated heterocycles. The second kappa shape index (κ2) is 7.38. The number of amides is 4. The van der Waals surface area contributed by atoms with Crippen molar-refractivity contribution in [2.45, 2.75) is 46.6 Å². The Kier molecular flexibility index (Phi) is 6.13. The molecule has 2 unspecified atom stereocenters. The first-order chi connectivity index (χ1) is 9.43. The molecule has 0 spiro atoms. The summed E-state index contributed by atoms with van der Waals surface area (Å²) < 4.78 is 5.37. The Bertz CT molecular complexity index is 381. The van der Waals surface area contributed by atoms with Gasteiger partial charge in [-0.1, -0.05) is 27.2 Å². The first-order valence-electron chi connectivity index (χ1n) is 7.19. The first-order valence-corrected chi connectivity index (χ1v) is 7.19. The second-order valence-electron chi connectivity index (χ2n) is 5.31. The van der Waals surface area contributed by atoms with E-state index in [0.29, 0.717) is 26.1 Å². The minimum atomic E-state index is -0.763. The third-order valence-electron chi connectivity index (χ3n) is 3.47. The lowest BCUT2D eigenvalue weighted by atomic mass is 9.95. The van der Waals surface area contributed by atoms with E-state index < -0.39 is 23.8 Å². The average Bonchev–Trinajstić information content (AvgIpc) is 2.37. The van der Waals surface area contributed by atoms with Crippen molar-refractivity contribution < 1.29 is 19.1 Å². The summed E-state index contributed by atoms with van der Waals surface area (Å²) in [7, 11) is 0. The minimum Gasteiger partial charge on any atom is -0.380 e. The Morgan fingerprint density at radius 3 is 2.40 bits per heavy atom. The fraction of sp³-hybridized carbons (Fsp3) is 0.786. The molecule has 0 aromatic carbocycles. The normalized spacial score (nSPS) is 21.4. The summed E-state index contributed by atoms with van der Waals surface area (Å²) in [6.45, 7) is 8.43. The van der Waals surface area contributed by atoms with Crippen LogP contribution in [0.5, 0.6) is 0 Å². The van der Waals surface area contributed by atoms with Crippen molar-refractivity contribution in [3.05, 3.63) is 0 Å². The van der Waals surface area contributed by atoms with Crippen molar-refractivity contribution in [2.75, 3.05) is 13.2 Å². The summed E-state index contributed by atoms with van der Waals surface area (Å²) in [6.07, 6.45) is 1.16. The highest BCUT2D eigenvalue weighted by molar-refractivity contribution is 6.16. The molecular formula is C14H24N2O4. The van der Waals surface area contributed by atoms with Gasteiger partial charge in [0.25, 0.3) is 0 Å². The molecule has 1 aliphatic heterocycles. The quantitative estimate of drug-likeness (QED) is 0.720. The molecule has 1 heterocycles. The van der Waals surface area contributed by atoms with Crippen molar-refractivity contribution >= 4 is 17.8 Å². The zero-order valence-electron chi connectivity index (χ0n) is 12.6. The van der Waals surface area contributed by atoms with Crippen LogP contribution in [-0.4, -0.2) is 42.0 Å². The van der Waals surface area contributed by atoms with Crippen LogP contribution in [0.3, 0.4) is 0 Å². The predicted octanol–water partition coefficient (Wildman–Crippen LogP) is 1.54. The zero-order valence-corrected chi connectivity index (χ0v) is 12.6. The number of hydrogen-bond acceptors (Lipinski definition) is 4. The molecule has 0 bridgehead atoms. The smallest absolute Gasteiger partial charge is 0.331 e. The van der Waals surface area contributed by atoms with Crippen LogP contribution in [0.25, 0.3) is 0 Å². The molecule has 0 aromatic rings. The van der Waals surface area contributed by atoms with E-state index in [9.17, 15) is 14.4 Å². The maximum atomic E-state index is 12.4. The maximum Gasteiger partial charge on any atom is 0.331 e. The van der Waals surface area contributed by atoms with Crippen LogP contribution >= 0.6 is 0 Å². The number of rotatable bonds is 7. The van der Waals surface area contributed by atoms with E-state index in [1.54, 1.807) is 0 Å². The summed E-state index contributed by atoms with van der Waals surface area (Å²) >= 11 is 0. The SMILES string of the molecule is CCCC1C(=O)NC(=O)N(C(COCC)C(C)C)C1=O. The van der Waals surface area contributed by atoms with Gasteiger partial charge in [0, 0.05) is 6.61 Å². The summed E-state index contributed by atoms with van der Waals surface area (Å²) in [4.78, 5) is 37.3. The molecule has 4 amide bonds.